The van der Waals surface area contributed by atoms with Gasteiger partial charge in [-0.1, -0.05) is 6.92 Å². The summed E-state index contributed by atoms with van der Waals surface area (Å²) in [6.45, 7) is 1.86. The smallest absolute Gasteiger partial charge is 0.251 e. The number of carbonyl (C=O) groups excluding carboxylic acids is 2. The number of rotatable bonds is 5. The van der Waals surface area contributed by atoms with Gasteiger partial charge in [-0.05, 0) is 12.5 Å². The molecule has 1 aromatic carbocycles. The van der Waals surface area contributed by atoms with Gasteiger partial charge in [0, 0.05) is 12.6 Å². The van der Waals surface area contributed by atoms with Crippen molar-refractivity contribution >= 4 is 17.5 Å². The van der Waals surface area contributed by atoms with E-state index in [4.69, 9.17) is 11.5 Å². The van der Waals surface area contributed by atoms with Crippen LogP contribution in [-0.4, -0.2) is 18.4 Å². The van der Waals surface area contributed by atoms with Crippen molar-refractivity contribution in [2.75, 3.05) is 11.9 Å². The molecule has 5 N–H and O–H groups in total. The van der Waals surface area contributed by atoms with E-state index >= 15 is 0 Å². The van der Waals surface area contributed by atoms with E-state index < -0.39 is 34.9 Å². The van der Waals surface area contributed by atoms with Crippen LogP contribution in [0, 0.1) is 17.6 Å². The zero-order chi connectivity index (χ0) is 14.6. The molecule has 2 amide bonds. The molecule has 0 spiro atoms. The number of halogens is 2. The molecule has 0 fully saturated rings. The largest absolute Gasteiger partial charge is 0.366 e. The molecule has 0 heterocycles. The molecule has 0 aliphatic heterocycles. The van der Waals surface area contributed by atoms with Crippen LogP contribution in [0.5, 0.6) is 0 Å². The third-order valence-corrected chi connectivity index (χ3v) is 2.73. The van der Waals surface area contributed by atoms with Crippen LogP contribution in [0.15, 0.2) is 12.1 Å². The lowest BCUT2D eigenvalue weighted by atomic mass is 10.1. The second-order valence-electron chi connectivity index (χ2n) is 4.01. The summed E-state index contributed by atoms with van der Waals surface area (Å²) in [7, 11) is 0. The van der Waals surface area contributed by atoms with E-state index in [-0.39, 0.29) is 12.2 Å². The highest BCUT2D eigenvalue weighted by Gasteiger charge is 2.19. The monoisotopic (exact) mass is 271 g/mol. The first-order valence-electron chi connectivity index (χ1n) is 5.70. The Hall–Kier alpha value is -2.02. The van der Waals surface area contributed by atoms with E-state index in [1.807, 2.05) is 0 Å². The van der Waals surface area contributed by atoms with Crippen LogP contribution in [0.1, 0.15) is 23.7 Å². The highest BCUT2D eigenvalue weighted by atomic mass is 19.1. The molecule has 104 valence electrons. The van der Waals surface area contributed by atoms with Crippen molar-refractivity contribution in [2.24, 2.45) is 17.4 Å². The van der Waals surface area contributed by atoms with Crippen LogP contribution >= 0.6 is 0 Å². The molecule has 7 heteroatoms. The van der Waals surface area contributed by atoms with Crippen LogP contribution in [0.4, 0.5) is 14.5 Å². The summed E-state index contributed by atoms with van der Waals surface area (Å²) in [5, 5.41) is 2.27. The topological polar surface area (TPSA) is 98.2 Å². The molecule has 19 heavy (non-hydrogen) atoms. The minimum Gasteiger partial charge on any atom is -0.366 e. The fourth-order valence-electron chi connectivity index (χ4n) is 1.53. The first-order chi connectivity index (χ1) is 8.90. The molecule has 1 aromatic rings. The summed E-state index contributed by atoms with van der Waals surface area (Å²) in [6, 6.07) is 1.37. The predicted octanol–water partition coefficient (Wildman–Crippen LogP) is 0.987. The molecule has 1 rings (SSSR count). The van der Waals surface area contributed by atoms with Crippen molar-refractivity contribution in [2.45, 2.75) is 13.3 Å². The number of anilines is 1. The summed E-state index contributed by atoms with van der Waals surface area (Å²) in [4.78, 5) is 22.7. The van der Waals surface area contributed by atoms with Crippen molar-refractivity contribution < 1.29 is 18.4 Å². The molecule has 0 bridgehead atoms. The Labute approximate surface area is 109 Å². The summed E-state index contributed by atoms with van der Waals surface area (Å²) in [5.41, 5.74) is 9.54. The van der Waals surface area contributed by atoms with Gasteiger partial charge in [0.2, 0.25) is 5.91 Å². The molecule has 0 aliphatic carbocycles. The Balaban J connectivity index is 3.04. The zero-order valence-corrected chi connectivity index (χ0v) is 10.4. The molecule has 1 unspecified atom stereocenters. The Morgan fingerprint density at radius 2 is 1.95 bits per heavy atom. The third-order valence-electron chi connectivity index (χ3n) is 2.73. The number of benzene rings is 1. The van der Waals surface area contributed by atoms with Crippen molar-refractivity contribution in [1.29, 1.82) is 0 Å². The average Bonchev–Trinajstić information content (AvgIpc) is 2.33. The van der Waals surface area contributed by atoms with E-state index in [9.17, 15) is 18.4 Å². The lowest BCUT2D eigenvalue weighted by Gasteiger charge is -2.13. The van der Waals surface area contributed by atoms with E-state index in [0.717, 1.165) is 6.07 Å². The van der Waals surface area contributed by atoms with Gasteiger partial charge in [-0.15, -0.1) is 0 Å². The van der Waals surface area contributed by atoms with Gasteiger partial charge in [0.1, 0.15) is 11.6 Å². The van der Waals surface area contributed by atoms with Crippen LogP contribution in [0.3, 0.4) is 0 Å². The van der Waals surface area contributed by atoms with Crippen molar-refractivity contribution in [3.8, 4) is 0 Å². The first-order valence-corrected chi connectivity index (χ1v) is 5.70. The minimum atomic E-state index is -1.08. The molecule has 0 aliphatic rings. The highest BCUT2D eigenvalue weighted by Crippen LogP contribution is 2.20. The lowest BCUT2D eigenvalue weighted by Crippen LogP contribution is -2.29. The van der Waals surface area contributed by atoms with Gasteiger partial charge in [-0.2, -0.15) is 0 Å². The van der Waals surface area contributed by atoms with Crippen LogP contribution in [0.2, 0.25) is 0 Å². The van der Waals surface area contributed by atoms with Gasteiger partial charge in [-0.25, -0.2) is 8.78 Å². The van der Waals surface area contributed by atoms with Crippen LogP contribution in [-0.2, 0) is 4.79 Å². The summed E-state index contributed by atoms with van der Waals surface area (Å²) < 4.78 is 26.7. The van der Waals surface area contributed by atoms with Gasteiger partial charge >= 0.3 is 0 Å². The SMILES string of the molecule is CCC(CN)C(=O)Nc1cc(C(N)=O)c(F)cc1F. The van der Waals surface area contributed by atoms with E-state index in [0.29, 0.717) is 12.5 Å². The molecule has 0 aromatic heterocycles. The van der Waals surface area contributed by atoms with Gasteiger partial charge in [0.15, 0.2) is 0 Å². The number of nitrogens with two attached hydrogens (primary N) is 2. The third kappa shape index (κ3) is 3.47. The number of hydrogen-bond donors (Lipinski definition) is 3. The first kappa shape index (κ1) is 15.0. The molecular weight excluding hydrogens is 256 g/mol. The number of nitrogens with one attached hydrogen (secondary N) is 1. The molecule has 0 radical (unpaired) electrons. The maximum Gasteiger partial charge on any atom is 0.251 e. The predicted molar refractivity (Wildman–Crippen MR) is 66.3 cm³/mol. The fourth-order valence-corrected chi connectivity index (χ4v) is 1.53. The minimum absolute atomic E-state index is 0.105. The van der Waals surface area contributed by atoms with Gasteiger partial charge < -0.3 is 16.8 Å². The fraction of sp³-hybridized carbons (Fsp3) is 0.333. The van der Waals surface area contributed by atoms with Gasteiger partial charge in [-0.3, -0.25) is 9.59 Å². The van der Waals surface area contributed by atoms with E-state index in [1.165, 1.54) is 0 Å². The van der Waals surface area contributed by atoms with Gasteiger partial charge in [0.05, 0.1) is 17.2 Å². The standard InChI is InChI=1S/C12H15F2N3O2/c1-2-6(5-15)12(19)17-10-3-7(11(16)18)8(13)4-9(10)14/h3-4,6H,2,5,15H2,1H3,(H2,16,18)(H,17,19). The Bertz CT molecular complexity index is 502. The second-order valence-corrected chi connectivity index (χ2v) is 4.01. The van der Waals surface area contributed by atoms with Crippen molar-refractivity contribution in [1.82, 2.24) is 0 Å². The molecule has 0 saturated heterocycles. The van der Waals surface area contributed by atoms with E-state index in [1.54, 1.807) is 6.92 Å². The molecule has 0 saturated carbocycles. The average molecular weight is 271 g/mol. The summed E-state index contributed by atoms with van der Waals surface area (Å²) in [5.74, 6) is -4.08. The lowest BCUT2D eigenvalue weighted by molar-refractivity contribution is -0.119. The molecular formula is C12H15F2N3O2. The van der Waals surface area contributed by atoms with Gasteiger partial charge in [0.25, 0.3) is 5.91 Å². The quantitative estimate of drug-likeness (QED) is 0.744. The van der Waals surface area contributed by atoms with E-state index in [2.05, 4.69) is 5.32 Å². The molecule has 1 atom stereocenters. The Morgan fingerprint density at radius 3 is 2.42 bits per heavy atom. The number of amides is 2. The number of carbonyl (C=O) groups is 2. The Morgan fingerprint density at radius 1 is 1.32 bits per heavy atom. The zero-order valence-electron chi connectivity index (χ0n) is 10.4. The van der Waals surface area contributed by atoms with Crippen LogP contribution in [0.25, 0.3) is 0 Å². The Kier molecular flexibility index (Phi) is 4.94. The maximum absolute atomic E-state index is 13.5. The molecule has 5 nitrogen and oxygen atoms in total. The normalized spacial score (nSPS) is 12.0. The highest BCUT2D eigenvalue weighted by molar-refractivity contribution is 5.97. The number of hydrogen-bond acceptors (Lipinski definition) is 3. The van der Waals surface area contributed by atoms with Crippen molar-refractivity contribution in [3.05, 3.63) is 29.3 Å². The van der Waals surface area contributed by atoms with Crippen molar-refractivity contribution in [3.63, 3.8) is 0 Å². The summed E-state index contributed by atoms with van der Waals surface area (Å²) in [6.07, 6.45) is 0.480. The second kappa shape index (κ2) is 6.24. The van der Waals surface area contributed by atoms with Crippen LogP contribution < -0.4 is 16.8 Å². The summed E-state index contributed by atoms with van der Waals surface area (Å²) >= 11 is 0. The number of primary amides is 1. The maximum atomic E-state index is 13.5.